The molecule has 0 amide bonds. The Balaban J connectivity index is 0. The van der Waals surface area contributed by atoms with Crippen LogP contribution in [0.15, 0.2) is 0 Å². The minimum absolute atomic E-state index is 0. The topological polar surface area (TPSA) is 90.2 Å². The van der Waals surface area contributed by atoms with Gasteiger partial charge >= 0.3 is 15.0 Å². The molecule has 0 atom stereocenters. The molecule has 0 bridgehead atoms. The largest absolute Gasteiger partial charge is 0.633 e. The lowest BCUT2D eigenvalue weighted by Gasteiger charge is -1.84. The highest BCUT2D eigenvalue weighted by atomic mass is 16.6. The van der Waals surface area contributed by atoms with Gasteiger partial charge in [-0.3, -0.25) is 0 Å². The monoisotopic (exact) mass is 121 g/mol. The van der Waals surface area contributed by atoms with Gasteiger partial charge in [-0.2, -0.15) is 0 Å². The van der Waals surface area contributed by atoms with Gasteiger partial charge in [0.05, 0.1) is 0 Å². The van der Waals surface area contributed by atoms with Crippen LogP contribution in [0.1, 0.15) is 0 Å². The molecule has 0 aromatic heterocycles. The van der Waals surface area contributed by atoms with Crippen molar-refractivity contribution in [1.82, 2.24) is 0 Å². The molecule has 4 N–H and O–H groups in total. The van der Waals surface area contributed by atoms with Crippen LogP contribution in [-0.2, 0) is 4.65 Å². The minimum atomic E-state index is -1.62. The Bertz CT molecular complexity index is 31.6. The zero-order chi connectivity index (χ0) is 6.99. The van der Waals surface area contributed by atoms with Crippen LogP contribution < -0.4 is 0 Å². The second-order valence-corrected chi connectivity index (χ2v) is 0.677. The van der Waals surface area contributed by atoms with E-state index >= 15 is 0 Å². The lowest BCUT2D eigenvalue weighted by Crippen LogP contribution is -2.12. The van der Waals surface area contributed by atoms with E-state index in [1.807, 2.05) is 0 Å². The predicted molar refractivity (Wildman–Crippen MR) is 27.4 cm³/mol. The van der Waals surface area contributed by atoms with Crippen molar-refractivity contribution in [2.75, 3.05) is 7.11 Å². The van der Waals surface area contributed by atoms with Crippen molar-refractivity contribution in [2.24, 2.45) is 0 Å². The number of hydrogen-bond donors (Lipinski definition) is 4. The zero-order valence-electron chi connectivity index (χ0n) is 4.35. The SMILES string of the molecule is COB(O)O.O[B]O. The van der Waals surface area contributed by atoms with E-state index in [9.17, 15) is 0 Å². The van der Waals surface area contributed by atoms with E-state index in [1.54, 1.807) is 0 Å². The zero-order valence-corrected chi connectivity index (χ0v) is 4.35. The molecule has 0 aliphatic rings. The summed E-state index contributed by atoms with van der Waals surface area (Å²) in [5.41, 5.74) is 0. The Morgan fingerprint density at radius 2 is 1.50 bits per heavy atom. The Morgan fingerprint density at radius 3 is 1.50 bits per heavy atom. The van der Waals surface area contributed by atoms with Crippen molar-refractivity contribution in [3.05, 3.63) is 0 Å². The molecule has 0 aliphatic heterocycles. The van der Waals surface area contributed by atoms with Gasteiger partial charge < -0.3 is 24.8 Å². The first-order chi connectivity index (χ1) is 3.68. The Labute approximate surface area is 48.0 Å². The maximum absolute atomic E-state index is 7.69. The van der Waals surface area contributed by atoms with Gasteiger partial charge in [-0.15, -0.1) is 0 Å². The number of hydrogen-bond acceptors (Lipinski definition) is 5. The van der Waals surface area contributed by atoms with E-state index in [4.69, 9.17) is 20.1 Å². The first-order valence-electron chi connectivity index (χ1n) is 1.68. The molecule has 47 valence electrons. The Morgan fingerprint density at radius 1 is 1.38 bits per heavy atom. The van der Waals surface area contributed by atoms with E-state index in [0.717, 1.165) is 0 Å². The van der Waals surface area contributed by atoms with Gasteiger partial charge in [-0.05, 0) is 0 Å². The fourth-order valence-electron chi connectivity index (χ4n) is 0. The van der Waals surface area contributed by atoms with E-state index in [2.05, 4.69) is 4.65 Å². The van der Waals surface area contributed by atoms with Crippen LogP contribution >= 0.6 is 0 Å². The molecule has 8 heavy (non-hydrogen) atoms. The normalized spacial score (nSPS) is 6.62. The summed E-state index contributed by atoms with van der Waals surface area (Å²) in [5, 5.41) is 29.4. The molecule has 0 fully saturated rings. The molecule has 0 saturated heterocycles. The molecule has 0 saturated carbocycles. The summed E-state index contributed by atoms with van der Waals surface area (Å²) in [6.07, 6.45) is 0. The lowest BCUT2D eigenvalue weighted by molar-refractivity contribution is 0.229. The van der Waals surface area contributed by atoms with Crippen molar-refractivity contribution >= 4 is 15.0 Å². The maximum atomic E-state index is 7.69. The van der Waals surface area contributed by atoms with Crippen LogP contribution in [0.2, 0.25) is 0 Å². The van der Waals surface area contributed by atoms with Crippen LogP contribution in [0.3, 0.4) is 0 Å². The predicted octanol–water partition coefficient (Wildman–Crippen LogP) is -2.89. The molecule has 0 aromatic rings. The standard InChI is InChI=1S/CH5BO3.BH2O2/c1-5-2(3)4;2-1-3/h3-4H,1H3;2-3H. The van der Waals surface area contributed by atoms with Crippen molar-refractivity contribution in [1.29, 1.82) is 0 Å². The molecule has 0 spiro atoms. The van der Waals surface area contributed by atoms with Crippen LogP contribution in [0.5, 0.6) is 0 Å². The molecule has 0 rings (SSSR count). The Hall–Kier alpha value is -0.0701. The van der Waals surface area contributed by atoms with E-state index in [-0.39, 0.29) is 7.69 Å². The van der Waals surface area contributed by atoms with Crippen molar-refractivity contribution in [3.8, 4) is 0 Å². The van der Waals surface area contributed by atoms with Crippen LogP contribution in [0.4, 0.5) is 0 Å². The quantitative estimate of drug-likeness (QED) is 0.279. The summed E-state index contributed by atoms with van der Waals surface area (Å²) in [6, 6.07) is 0. The Kier molecular flexibility index (Phi) is 13.6. The number of rotatable bonds is 1. The minimum Gasteiger partial charge on any atom is -0.429 e. The van der Waals surface area contributed by atoms with E-state index in [1.165, 1.54) is 7.11 Å². The molecular formula is CH7B2O5. The van der Waals surface area contributed by atoms with Gasteiger partial charge in [-0.1, -0.05) is 0 Å². The van der Waals surface area contributed by atoms with Crippen LogP contribution in [-0.4, -0.2) is 42.2 Å². The summed E-state index contributed by atoms with van der Waals surface area (Å²) in [4.78, 5) is 0. The molecular weight excluding hydrogens is 114 g/mol. The third kappa shape index (κ3) is 38.7. The van der Waals surface area contributed by atoms with Crippen LogP contribution in [0.25, 0.3) is 0 Å². The van der Waals surface area contributed by atoms with E-state index < -0.39 is 7.32 Å². The summed E-state index contributed by atoms with van der Waals surface area (Å²) >= 11 is 0. The molecule has 1 radical (unpaired) electrons. The van der Waals surface area contributed by atoms with Crippen molar-refractivity contribution in [3.63, 3.8) is 0 Å². The van der Waals surface area contributed by atoms with Crippen LogP contribution in [0, 0.1) is 0 Å². The van der Waals surface area contributed by atoms with Gasteiger partial charge in [0.1, 0.15) is 0 Å². The van der Waals surface area contributed by atoms with Crippen molar-refractivity contribution in [2.45, 2.75) is 0 Å². The summed E-state index contributed by atoms with van der Waals surface area (Å²) < 4.78 is 3.86. The molecule has 0 unspecified atom stereocenters. The van der Waals surface area contributed by atoms with Crippen molar-refractivity contribution < 1.29 is 24.8 Å². The fraction of sp³-hybridized carbons (Fsp3) is 1.00. The molecule has 0 heterocycles. The molecule has 5 nitrogen and oxygen atoms in total. The second kappa shape index (κ2) is 10.0. The summed E-state index contributed by atoms with van der Waals surface area (Å²) in [7, 11) is -0.417. The summed E-state index contributed by atoms with van der Waals surface area (Å²) in [5.74, 6) is 0. The molecule has 7 heteroatoms. The maximum Gasteiger partial charge on any atom is 0.633 e. The second-order valence-electron chi connectivity index (χ2n) is 0.677. The first-order valence-corrected chi connectivity index (χ1v) is 1.68. The highest BCUT2D eigenvalue weighted by Gasteiger charge is 2.00. The molecule has 0 aliphatic carbocycles. The smallest absolute Gasteiger partial charge is 0.429 e. The highest BCUT2D eigenvalue weighted by molar-refractivity contribution is 6.32. The third-order valence-corrected chi connectivity index (χ3v) is 0.211. The third-order valence-electron chi connectivity index (χ3n) is 0.211. The summed E-state index contributed by atoms with van der Waals surface area (Å²) in [6.45, 7) is 0. The average Bonchev–Trinajstić information content (AvgIpc) is 1.69. The van der Waals surface area contributed by atoms with Gasteiger partial charge in [0.15, 0.2) is 0 Å². The van der Waals surface area contributed by atoms with Gasteiger partial charge in [-0.25, -0.2) is 0 Å². The van der Waals surface area contributed by atoms with E-state index in [0.29, 0.717) is 0 Å². The molecule has 0 aromatic carbocycles. The fourth-order valence-corrected chi connectivity index (χ4v) is 0. The lowest BCUT2D eigenvalue weighted by atomic mass is 10.3. The van der Waals surface area contributed by atoms with Gasteiger partial charge in [0, 0.05) is 7.11 Å². The highest BCUT2D eigenvalue weighted by Crippen LogP contribution is 1.59. The van der Waals surface area contributed by atoms with Gasteiger partial charge in [0.25, 0.3) is 0 Å². The first kappa shape index (κ1) is 10.8. The average molecular weight is 121 g/mol. The van der Waals surface area contributed by atoms with Gasteiger partial charge in [0.2, 0.25) is 0 Å².